The molecule has 0 amide bonds. The van der Waals surface area contributed by atoms with Gasteiger partial charge in [-0.3, -0.25) is 0 Å². The van der Waals surface area contributed by atoms with Crippen molar-refractivity contribution in [2.45, 2.75) is 13.3 Å². The molecule has 8 heteroatoms. The van der Waals surface area contributed by atoms with Gasteiger partial charge in [-0.2, -0.15) is 5.26 Å². The summed E-state index contributed by atoms with van der Waals surface area (Å²) in [5.41, 5.74) is -1.07. The third-order valence-corrected chi connectivity index (χ3v) is 1.94. The van der Waals surface area contributed by atoms with Crippen LogP contribution < -0.4 is 4.74 Å². The standard InChI is InChI=1S/C11H8F3NO4/c1-2-18-10(17)7-4-9(19-11(12,13)14)6(5-15)3-8(7)16/h3-4,16H,2H2,1H3. The number of carbonyl (C=O) groups is 1. The number of hydrogen-bond donors (Lipinski definition) is 1. The van der Waals surface area contributed by atoms with Gasteiger partial charge in [0.05, 0.1) is 12.2 Å². The quantitative estimate of drug-likeness (QED) is 0.856. The Bertz CT molecular complexity index is 534. The number of hydrogen-bond acceptors (Lipinski definition) is 5. The second kappa shape index (κ2) is 5.48. The first-order valence-electron chi connectivity index (χ1n) is 4.98. The van der Waals surface area contributed by atoms with Crippen LogP contribution in [0, 0.1) is 11.3 Å². The highest BCUT2D eigenvalue weighted by atomic mass is 19.4. The lowest BCUT2D eigenvalue weighted by Crippen LogP contribution is -2.18. The van der Waals surface area contributed by atoms with Crippen molar-refractivity contribution in [2.75, 3.05) is 6.61 Å². The largest absolute Gasteiger partial charge is 0.573 e. The molecule has 0 aliphatic rings. The number of rotatable bonds is 3. The predicted octanol–water partition coefficient (Wildman–Crippen LogP) is 2.34. The Balaban J connectivity index is 3.26. The third kappa shape index (κ3) is 3.77. The Labute approximate surface area is 105 Å². The molecule has 0 heterocycles. The van der Waals surface area contributed by atoms with Gasteiger partial charge in [-0.1, -0.05) is 0 Å². The highest BCUT2D eigenvalue weighted by Gasteiger charge is 2.33. The SMILES string of the molecule is CCOC(=O)c1cc(OC(F)(F)F)c(C#N)cc1O. The summed E-state index contributed by atoms with van der Waals surface area (Å²) < 4.78 is 44.5. The maximum absolute atomic E-state index is 12.1. The van der Waals surface area contributed by atoms with Crippen LogP contribution in [-0.2, 0) is 4.74 Å². The summed E-state index contributed by atoms with van der Waals surface area (Å²) in [6.45, 7) is 1.47. The molecular weight excluding hydrogens is 267 g/mol. The number of phenols is 1. The van der Waals surface area contributed by atoms with E-state index >= 15 is 0 Å². The van der Waals surface area contributed by atoms with E-state index in [-0.39, 0.29) is 6.61 Å². The number of ether oxygens (including phenoxy) is 2. The fourth-order valence-electron chi connectivity index (χ4n) is 1.24. The second-order valence-corrected chi connectivity index (χ2v) is 3.25. The summed E-state index contributed by atoms with van der Waals surface area (Å²) >= 11 is 0. The molecule has 5 nitrogen and oxygen atoms in total. The molecule has 0 spiro atoms. The van der Waals surface area contributed by atoms with Gasteiger partial charge in [-0.25, -0.2) is 4.79 Å². The summed E-state index contributed by atoms with van der Waals surface area (Å²) in [6, 6.07) is 2.73. The van der Waals surface area contributed by atoms with Crippen LogP contribution in [-0.4, -0.2) is 24.0 Å². The molecule has 0 saturated heterocycles. The van der Waals surface area contributed by atoms with Crippen molar-refractivity contribution in [3.8, 4) is 17.6 Å². The molecule has 0 unspecified atom stereocenters. The van der Waals surface area contributed by atoms with Crippen molar-refractivity contribution in [3.63, 3.8) is 0 Å². The Morgan fingerprint density at radius 2 is 2.11 bits per heavy atom. The number of benzene rings is 1. The van der Waals surface area contributed by atoms with Crippen molar-refractivity contribution in [3.05, 3.63) is 23.3 Å². The molecule has 0 fully saturated rings. The summed E-state index contributed by atoms with van der Waals surface area (Å²) in [5.74, 6) is -2.56. The molecule has 0 aliphatic carbocycles. The van der Waals surface area contributed by atoms with E-state index in [9.17, 15) is 23.1 Å². The molecule has 1 N–H and O–H groups in total. The molecule has 1 aromatic carbocycles. The van der Waals surface area contributed by atoms with Gasteiger partial charge in [-0.05, 0) is 6.92 Å². The van der Waals surface area contributed by atoms with Gasteiger partial charge >= 0.3 is 12.3 Å². The maximum atomic E-state index is 12.1. The molecule has 0 radical (unpaired) electrons. The highest BCUT2D eigenvalue weighted by molar-refractivity contribution is 5.93. The number of aromatic hydroxyl groups is 1. The lowest BCUT2D eigenvalue weighted by Gasteiger charge is -2.12. The molecule has 19 heavy (non-hydrogen) atoms. The monoisotopic (exact) mass is 275 g/mol. The molecule has 1 rings (SSSR count). The van der Waals surface area contributed by atoms with Crippen LogP contribution in [0.5, 0.6) is 11.5 Å². The van der Waals surface area contributed by atoms with Gasteiger partial charge in [0.15, 0.2) is 0 Å². The van der Waals surface area contributed by atoms with Crippen LogP contribution in [0.25, 0.3) is 0 Å². The van der Waals surface area contributed by atoms with Gasteiger partial charge < -0.3 is 14.6 Å². The van der Waals surface area contributed by atoms with Gasteiger partial charge in [0.2, 0.25) is 0 Å². The highest BCUT2D eigenvalue weighted by Crippen LogP contribution is 2.32. The first kappa shape index (κ1) is 14.6. The van der Waals surface area contributed by atoms with E-state index in [0.717, 1.165) is 0 Å². The number of alkyl halides is 3. The van der Waals surface area contributed by atoms with Gasteiger partial charge in [0.1, 0.15) is 23.1 Å². The number of halogens is 3. The van der Waals surface area contributed by atoms with Crippen LogP contribution in [0.3, 0.4) is 0 Å². The van der Waals surface area contributed by atoms with E-state index in [0.29, 0.717) is 12.1 Å². The third-order valence-electron chi connectivity index (χ3n) is 1.94. The van der Waals surface area contributed by atoms with Crippen molar-refractivity contribution in [1.82, 2.24) is 0 Å². The number of nitrogens with zero attached hydrogens (tertiary/aromatic N) is 1. The van der Waals surface area contributed by atoms with Crippen LogP contribution in [0.2, 0.25) is 0 Å². The minimum atomic E-state index is -5.02. The molecule has 0 aliphatic heterocycles. The van der Waals surface area contributed by atoms with Crippen LogP contribution in [0.15, 0.2) is 12.1 Å². The number of esters is 1. The molecule has 1 aromatic rings. The smallest absolute Gasteiger partial charge is 0.507 e. The minimum Gasteiger partial charge on any atom is -0.507 e. The van der Waals surface area contributed by atoms with Crippen LogP contribution in [0.1, 0.15) is 22.8 Å². The summed E-state index contributed by atoms with van der Waals surface area (Å²) in [7, 11) is 0. The van der Waals surface area contributed by atoms with Crippen molar-refractivity contribution < 1.29 is 32.5 Å². The van der Waals surface area contributed by atoms with Crippen LogP contribution >= 0.6 is 0 Å². The normalized spacial score (nSPS) is 10.7. The van der Waals surface area contributed by atoms with Crippen molar-refractivity contribution in [2.24, 2.45) is 0 Å². The van der Waals surface area contributed by atoms with Gasteiger partial charge in [0.25, 0.3) is 0 Å². The van der Waals surface area contributed by atoms with E-state index in [1.807, 2.05) is 0 Å². The Morgan fingerprint density at radius 3 is 2.58 bits per heavy atom. The summed E-state index contributed by atoms with van der Waals surface area (Å²) in [6.07, 6.45) is -5.02. The van der Waals surface area contributed by atoms with Crippen molar-refractivity contribution >= 4 is 5.97 Å². The molecular formula is C11H8F3NO4. The zero-order valence-electron chi connectivity index (χ0n) is 9.61. The number of nitriles is 1. The molecule has 0 bridgehead atoms. The van der Waals surface area contributed by atoms with E-state index in [2.05, 4.69) is 9.47 Å². The van der Waals surface area contributed by atoms with Gasteiger partial charge in [0, 0.05) is 12.1 Å². The molecule has 0 atom stereocenters. The van der Waals surface area contributed by atoms with E-state index in [1.54, 1.807) is 0 Å². The topological polar surface area (TPSA) is 79.5 Å². The minimum absolute atomic E-state index is 0.0201. The predicted molar refractivity (Wildman–Crippen MR) is 55.5 cm³/mol. The average molecular weight is 275 g/mol. The lowest BCUT2D eigenvalue weighted by molar-refractivity contribution is -0.274. The van der Waals surface area contributed by atoms with Gasteiger partial charge in [-0.15, -0.1) is 13.2 Å². The maximum Gasteiger partial charge on any atom is 0.573 e. The van der Waals surface area contributed by atoms with Crippen LogP contribution in [0.4, 0.5) is 13.2 Å². The Morgan fingerprint density at radius 1 is 1.47 bits per heavy atom. The Hall–Kier alpha value is -2.43. The molecule has 102 valence electrons. The van der Waals surface area contributed by atoms with E-state index < -0.39 is 35.0 Å². The molecule has 0 aromatic heterocycles. The average Bonchev–Trinajstić information content (AvgIpc) is 2.29. The number of phenolic OH excluding ortho intramolecular Hbond substituents is 1. The summed E-state index contributed by atoms with van der Waals surface area (Å²) in [5, 5.41) is 18.1. The van der Waals surface area contributed by atoms with E-state index in [4.69, 9.17) is 5.26 Å². The Kier molecular flexibility index (Phi) is 4.22. The fraction of sp³-hybridized carbons (Fsp3) is 0.273. The summed E-state index contributed by atoms with van der Waals surface area (Å²) in [4.78, 5) is 11.4. The lowest BCUT2D eigenvalue weighted by atomic mass is 10.1. The second-order valence-electron chi connectivity index (χ2n) is 3.25. The first-order chi connectivity index (χ1) is 8.78. The van der Waals surface area contributed by atoms with E-state index in [1.165, 1.54) is 13.0 Å². The molecule has 0 saturated carbocycles. The first-order valence-corrected chi connectivity index (χ1v) is 4.98. The van der Waals surface area contributed by atoms with Crippen molar-refractivity contribution in [1.29, 1.82) is 5.26 Å². The number of carbonyl (C=O) groups excluding carboxylic acids is 1. The zero-order chi connectivity index (χ0) is 14.6. The fourth-order valence-corrected chi connectivity index (χ4v) is 1.24. The zero-order valence-corrected chi connectivity index (χ0v) is 9.61.